The molecule has 0 bridgehead atoms. The van der Waals surface area contributed by atoms with E-state index in [1.54, 1.807) is 0 Å². The highest BCUT2D eigenvalue weighted by atomic mass is 16.7. The van der Waals surface area contributed by atoms with Crippen LogP contribution in [0, 0.1) is 29.1 Å². The first-order valence-corrected chi connectivity index (χ1v) is 9.55. The normalized spacial score (nSPS) is 44.2. The number of hydrogen-bond acceptors (Lipinski definition) is 5. The van der Waals surface area contributed by atoms with Gasteiger partial charge in [0.25, 0.3) is 0 Å². The maximum absolute atomic E-state index is 12.0. The molecule has 5 nitrogen and oxygen atoms in total. The van der Waals surface area contributed by atoms with Crippen molar-refractivity contribution in [3.8, 4) is 0 Å². The summed E-state index contributed by atoms with van der Waals surface area (Å²) in [6.07, 6.45) is 1.39. The largest absolute Gasteiger partial charge is 0.458 e. The summed E-state index contributed by atoms with van der Waals surface area (Å²) in [5, 5.41) is 10.7. The first-order valence-electron chi connectivity index (χ1n) is 9.55. The van der Waals surface area contributed by atoms with Crippen LogP contribution in [-0.4, -0.2) is 42.8 Å². The van der Waals surface area contributed by atoms with E-state index in [2.05, 4.69) is 34.3 Å². The third-order valence-electron chi connectivity index (χ3n) is 6.39. The Balaban J connectivity index is 1.86. The Morgan fingerprint density at radius 1 is 1.44 bits per heavy atom. The lowest BCUT2D eigenvalue weighted by atomic mass is 9.64. The van der Waals surface area contributed by atoms with E-state index < -0.39 is 6.10 Å². The molecule has 0 radical (unpaired) electrons. The lowest BCUT2D eigenvalue weighted by Crippen LogP contribution is -2.55. The van der Waals surface area contributed by atoms with E-state index in [1.807, 2.05) is 0 Å². The second-order valence-corrected chi connectivity index (χ2v) is 8.81. The zero-order chi connectivity index (χ0) is 18.4. The van der Waals surface area contributed by atoms with Crippen molar-refractivity contribution in [1.29, 1.82) is 0 Å². The molecular weight excluding hydrogens is 320 g/mol. The van der Waals surface area contributed by atoms with Crippen LogP contribution in [0.1, 0.15) is 47.0 Å². The van der Waals surface area contributed by atoms with Crippen molar-refractivity contribution < 1.29 is 24.1 Å². The average Bonchev–Trinajstić information content (AvgIpc) is 2.70. The molecule has 1 N–H and O–H groups in total. The molecule has 3 fully saturated rings. The molecule has 0 amide bonds. The number of rotatable bonds is 4. The van der Waals surface area contributed by atoms with Crippen LogP contribution in [0.15, 0.2) is 12.2 Å². The number of carbonyl (C=O) groups excluding carboxylic acids is 1. The molecule has 1 aliphatic carbocycles. The standard InChI is InChI=1S/C20H32O5/c1-11(2)6-7-23-19-20(5)9-14-13(4)18(22)25-16(14)8-12(3)17(20)15(21)10-24-19/h11-12,14-17,19,21H,4,6-10H2,1-3,5H3/t12-,14-,15+,16+,17-,19-,20+/m1/s1. The van der Waals surface area contributed by atoms with E-state index in [0.717, 1.165) is 12.8 Å². The van der Waals surface area contributed by atoms with Crippen LogP contribution in [0.25, 0.3) is 0 Å². The number of aliphatic hydroxyl groups excluding tert-OH is 1. The van der Waals surface area contributed by atoms with Crippen molar-refractivity contribution >= 4 is 5.97 Å². The molecule has 3 rings (SSSR count). The average molecular weight is 352 g/mol. The van der Waals surface area contributed by atoms with Crippen LogP contribution in [0.2, 0.25) is 0 Å². The van der Waals surface area contributed by atoms with E-state index in [-0.39, 0.29) is 41.5 Å². The molecule has 0 aromatic rings. The highest BCUT2D eigenvalue weighted by Crippen LogP contribution is 2.54. The number of carbonyl (C=O) groups is 1. The fourth-order valence-electron chi connectivity index (χ4n) is 5.11. The predicted octanol–water partition coefficient (Wildman–Crippen LogP) is 2.92. The van der Waals surface area contributed by atoms with Crippen LogP contribution in [0.3, 0.4) is 0 Å². The molecule has 3 aliphatic rings. The molecule has 2 heterocycles. The number of hydrogen-bond donors (Lipinski definition) is 1. The summed E-state index contributed by atoms with van der Waals surface area (Å²) in [6, 6.07) is 0. The van der Waals surface area contributed by atoms with Gasteiger partial charge in [0.2, 0.25) is 0 Å². The summed E-state index contributed by atoms with van der Waals surface area (Å²) in [5.74, 6) is 0.543. The van der Waals surface area contributed by atoms with Gasteiger partial charge in [-0.25, -0.2) is 4.79 Å². The minimum absolute atomic E-state index is 0.0185. The summed E-state index contributed by atoms with van der Waals surface area (Å²) in [6.45, 7) is 13.5. The Hall–Kier alpha value is -0.910. The molecule has 0 aromatic carbocycles. The molecular formula is C20H32O5. The molecule has 0 spiro atoms. The van der Waals surface area contributed by atoms with Crippen molar-refractivity contribution in [3.63, 3.8) is 0 Å². The Morgan fingerprint density at radius 3 is 2.84 bits per heavy atom. The first-order chi connectivity index (χ1) is 11.7. The van der Waals surface area contributed by atoms with Gasteiger partial charge in [-0.3, -0.25) is 0 Å². The van der Waals surface area contributed by atoms with Crippen molar-refractivity contribution in [1.82, 2.24) is 0 Å². The molecule has 7 atom stereocenters. The third-order valence-corrected chi connectivity index (χ3v) is 6.39. The van der Waals surface area contributed by atoms with Gasteiger partial charge in [0.15, 0.2) is 6.29 Å². The zero-order valence-electron chi connectivity index (χ0n) is 15.9. The SMILES string of the molecule is C=C1C(=O)O[C@H]2C[C@@H](C)[C@@H]3[C@@H](O)CO[C@@H](OCCC(C)C)[C@@]3(C)C[C@H]12. The van der Waals surface area contributed by atoms with Gasteiger partial charge < -0.3 is 19.3 Å². The summed E-state index contributed by atoms with van der Waals surface area (Å²) in [4.78, 5) is 12.0. The highest BCUT2D eigenvalue weighted by molar-refractivity contribution is 5.90. The summed E-state index contributed by atoms with van der Waals surface area (Å²) >= 11 is 0. The number of esters is 1. The molecule has 0 aromatic heterocycles. The minimum atomic E-state index is -0.521. The predicted molar refractivity (Wildman–Crippen MR) is 93.7 cm³/mol. The van der Waals surface area contributed by atoms with Crippen molar-refractivity contribution in [2.75, 3.05) is 13.2 Å². The van der Waals surface area contributed by atoms with E-state index in [4.69, 9.17) is 14.2 Å². The molecule has 1 saturated carbocycles. The lowest BCUT2D eigenvalue weighted by Gasteiger charge is -2.50. The minimum Gasteiger partial charge on any atom is -0.458 e. The topological polar surface area (TPSA) is 65.0 Å². The zero-order valence-corrected chi connectivity index (χ0v) is 15.9. The maximum atomic E-state index is 12.0. The fourth-order valence-corrected chi connectivity index (χ4v) is 5.11. The molecule has 2 aliphatic heterocycles. The Kier molecular flexibility index (Phi) is 5.29. The summed E-state index contributed by atoms with van der Waals surface area (Å²) in [5.41, 5.74) is 0.185. The van der Waals surface area contributed by atoms with E-state index in [1.165, 1.54) is 0 Å². The second-order valence-electron chi connectivity index (χ2n) is 8.81. The van der Waals surface area contributed by atoms with Crippen molar-refractivity contribution in [2.45, 2.75) is 65.5 Å². The first kappa shape index (κ1) is 18.9. The van der Waals surface area contributed by atoms with Gasteiger partial charge in [-0.1, -0.05) is 34.3 Å². The number of aliphatic hydroxyl groups is 1. The van der Waals surface area contributed by atoms with Gasteiger partial charge in [0.1, 0.15) is 6.10 Å². The van der Waals surface area contributed by atoms with E-state index in [0.29, 0.717) is 31.1 Å². The van der Waals surface area contributed by atoms with Gasteiger partial charge in [0.05, 0.1) is 19.3 Å². The fraction of sp³-hybridized carbons (Fsp3) is 0.850. The van der Waals surface area contributed by atoms with Gasteiger partial charge in [-0.15, -0.1) is 0 Å². The Bertz CT molecular complexity index is 530. The summed E-state index contributed by atoms with van der Waals surface area (Å²) < 4.78 is 17.6. The van der Waals surface area contributed by atoms with Gasteiger partial charge >= 0.3 is 5.97 Å². The van der Waals surface area contributed by atoms with Crippen molar-refractivity contribution in [3.05, 3.63) is 12.2 Å². The van der Waals surface area contributed by atoms with Crippen molar-refractivity contribution in [2.24, 2.45) is 29.1 Å². The smallest absolute Gasteiger partial charge is 0.334 e. The Morgan fingerprint density at radius 2 is 2.16 bits per heavy atom. The number of ether oxygens (including phenoxy) is 3. The maximum Gasteiger partial charge on any atom is 0.334 e. The monoisotopic (exact) mass is 352 g/mol. The summed E-state index contributed by atoms with van der Waals surface area (Å²) in [7, 11) is 0. The van der Waals surface area contributed by atoms with Crippen LogP contribution in [0.4, 0.5) is 0 Å². The van der Waals surface area contributed by atoms with Gasteiger partial charge in [-0.2, -0.15) is 0 Å². The number of fused-ring (bicyclic) bond motifs is 2. The quantitative estimate of drug-likeness (QED) is 0.622. The molecule has 0 unspecified atom stereocenters. The molecule has 142 valence electrons. The van der Waals surface area contributed by atoms with Crippen LogP contribution in [-0.2, 0) is 19.0 Å². The van der Waals surface area contributed by atoms with Gasteiger partial charge in [0, 0.05) is 16.9 Å². The van der Waals surface area contributed by atoms with Crippen LogP contribution < -0.4 is 0 Å². The van der Waals surface area contributed by atoms with Crippen LogP contribution >= 0.6 is 0 Å². The van der Waals surface area contributed by atoms with Crippen LogP contribution in [0.5, 0.6) is 0 Å². The van der Waals surface area contributed by atoms with E-state index >= 15 is 0 Å². The molecule has 5 heteroatoms. The second kappa shape index (κ2) is 7.01. The molecule has 2 saturated heterocycles. The van der Waals surface area contributed by atoms with Gasteiger partial charge in [-0.05, 0) is 37.0 Å². The van der Waals surface area contributed by atoms with E-state index in [9.17, 15) is 9.90 Å². The highest BCUT2D eigenvalue weighted by Gasteiger charge is 2.58. The lowest BCUT2D eigenvalue weighted by molar-refractivity contribution is -0.281. The molecule has 25 heavy (non-hydrogen) atoms. The third kappa shape index (κ3) is 3.38. The Labute approximate surface area is 150 Å².